The van der Waals surface area contributed by atoms with Crippen LogP contribution in [-0.2, 0) is 0 Å². The van der Waals surface area contributed by atoms with Crippen LogP contribution < -0.4 is 0 Å². The van der Waals surface area contributed by atoms with Crippen molar-refractivity contribution >= 4 is 18.8 Å². The second-order valence-electron chi connectivity index (χ2n) is 1.69. The van der Waals surface area contributed by atoms with E-state index >= 15 is 0 Å². The van der Waals surface area contributed by atoms with Gasteiger partial charge in [0.15, 0.2) is 7.58 Å². The zero-order valence-electron chi connectivity index (χ0n) is 4.87. The molecule has 0 unspecified atom stereocenters. The first-order valence-electron chi connectivity index (χ1n) is 2.31. The van der Waals surface area contributed by atoms with Crippen molar-refractivity contribution in [3.8, 4) is 0 Å². The third-order valence-corrected chi connectivity index (χ3v) is 3.76. The molecule has 0 aromatic rings. The predicted molar refractivity (Wildman–Crippen MR) is 37.4 cm³/mol. The van der Waals surface area contributed by atoms with Gasteiger partial charge in [-0.1, -0.05) is 0 Å². The van der Waals surface area contributed by atoms with Crippen LogP contribution in [0.2, 0.25) is 0 Å². The molecule has 0 radical (unpaired) electrons. The van der Waals surface area contributed by atoms with Crippen LogP contribution in [-0.4, -0.2) is 23.4 Å². The largest absolute Gasteiger partial charge is 0.330 e. The van der Waals surface area contributed by atoms with Gasteiger partial charge in [0, 0.05) is 26.5 Å². The highest BCUT2D eigenvalue weighted by Crippen LogP contribution is 2.50. The molecule has 8 heavy (non-hydrogen) atoms. The van der Waals surface area contributed by atoms with Crippen LogP contribution in [0.5, 0.6) is 0 Å². The van der Waals surface area contributed by atoms with Gasteiger partial charge in [0.2, 0.25) is 0 Å². The van der Waals surface area contributed by atoms with E-state index in [4.69, 9.17) is 11.2 Å². The summed E-state index contributed by atoms with van der Waals surface area (Å²) in [7, 11) is 3.38. The van der Waals surface area contributed by atoms with Crippen LogP contribution >= 0.6 is 18.8 Å². The van der Waals surface area contributed by atoms with Gasteiger partial charge in [-0.25, -0.2) is 0 Å². The zero-order valence-corrected chi connectivity index (χ0v) is 6.52. The molecule has 0 aromatic carbocycles. The second-order valence-corrected chi connectivity index (χ2v) is 4.34. The van der Waals surface area contributed by atoms with Crippen LogP contribution in [0, 0.1) is 0 Å². The molecule has 0 bridgehead atoms. The minimum Gasteiger partial charge on any atom is -0.330 e. The van der Waals surface area contributed by atoms with Crippen LogP contribution in [0.25, 0.3) is 0 Å². The average Bonchev–Trinajstić information content (AvgIpc) is 1.98. The summed E-state index contributed by atoms with van der Waals surface area (Å²) in [4.78, 5) is 0. The van der Waals surface area contributed by atoms with Gasteiger partial charge >= 0.3 is 0 Å². The molecule has 1 rings (SSSR count). The number of nitrogens with zero attached hydrogens (tertiary/aromatic N) is 2. The Kier molecular flexibility index (Phi) is 1.64. The first-order valence-corrected chi connectivity index (χ1v) is 4.47. The molecular weight excluding hydrogens is 142 g/mol. The lowest BCUT2D eigenvalue weighted by Gasteiger charge is -2.18. The molecule has 4 heteroatoms. The van der Waals surface area contributed by atoms with Crippen molar-refractivity contribution < 1.29 is 0 Å². The minimum absolute atomic E-state index is 0.560. The normalized spacial score (nSPS) is 20.9. The fraction of sp³-hybridized carbons (Fsp3) is 0.500. The van der Waals surface area contributed by atoms with Gasteiger partial charge in [-0.3, -0.25) is 0 Å². The summed E-state index contributed by atoms with van der Waals surface area (Å²) in [6, 6.07) is 0. The Hall–Kier alpha value is 0.0600. The summed E-state index contributed by atoms with van der Waals surface area (Å²) in [5, 5.41) is 0. The number of hydrogen-bond acceptors (Lipinski definition) is 2. The van der Waals surface area contributed by atoms with Crippen LogP contribution in [0.15, 0.2) is 12.4 Å². The summed E-state index contributed by atoms with van der Waals surface area (Å²) in [5.74, 6) is 0. The molecular formula is C4H8ClN2P. The van der Waals surface area contributed by atoms with Crippen molar-refractivity contribution in [2.24, 2.45) is 0 Å². The number of hydrogen-bond donors (Lipinski definition) is 0. The Morgan fingerprint density at radius 3 is 1.75 bits per heavy atom. The van der Waals surface area contributed by atoms with Crippen molar-refractivity contribution in [1.29, 1.82) is 0 Å². The van der Waals surface area contributed by atoms with Crippen molar-refractivity contribution in [3.63, 3.8) is 0 Å². The van der Waals surface area contributed by atoms with Gasteiger partial charge in [-0.05, 0) is 11.2 Å². The summed E-state index contributed by atoms with van der Waals surface area (Å²) < 4.78 is 3.99. The average molecular weight is 151 g/mol. The van der Waals surface area contributed by atoms with E-state index in [2.05, 4.69) is 0 Å². The summed E-state index contributed by atoms with van der Waals surface area (Å²) in [6.45, 7) is 0. The molecule has 0 fully saturated rings. The standard InChI is InChI=1S/C4H8ClN2P/c1-6-3-4-7(2)8(6)5/h3-4H,1-2H3. The van der Waals surface area contributed by atoms with E-state index in [1.165, 1.54) is 0 Å². The van der Waals surface area contributed by atoms with Gasteiger partial charge in [0.05, 0.1) is 0 Å². The first-order chi connectivity index (χ1) is 3.72. The summed E-state index contributed by atoms with van der Waals surface area (Å²) in [5.41, 5.74) is 0. The van der Waals surface area contributed by atoms with Gasteiger partial charge in [0.1, 0.15) is 0 Å². The Morgan fingerprint density at radius 2 is 1.62 bits per heavy atom. The summed E-state index contributed by atoms with van der Waals surface area (Å²) >= 11 is 5.87. The van der Waals surface area contributed by atoms with E-state index in [0.29, 0.717) is 0 Å². The van der Waals surface area contributed by atoms with Gasteiger partial charge in [-0.2, -0.15) is 0 Å². The van der Waals surface area contributed by atoms with Crippen molar-refractivity contribution in [3.05, 3.63) is 12.4 Å². The zero-order chi connectivity index (χ0) is 6.15. The number of halogens is 1. The smallest absolute Gasteiger partial charge is 0.196 e. The highest BCUT2D eigenvalue weighted by molar-refractivity contribution is 7.80. The molecule has 0 saturated heterocycles. The molecule has 0 aromatic heterocycles. The lowest BCUT2D eigenvalue weighted by Crippen LogP contribution is -2.01. The Labute approximate surface area is 55.4 Å². The third-order valence-electron chi connectivity index (χ3n) is 1.02. The van der Waals surface area contributed by atoms with E-state index in [9.17, 15) is 0 Å². The third kappa shape index (κ3) is 0.910. The highest BCUT2D eigenvalue weighted by atomic mass is 35.7. The Morgan fingerprint density at radius 1 is 1.25 bits per heavy atom. The SMILES string of the molecule is CN1C=CN(C)P1Cl. The lowest BCUT2D eigenvalue weighted by atomic mass is 10.9. The van der Waals surface area contributed by atoms with Crippen molar-refractivity contribution in [1.82, 2.24) is 9.34 Å². The minimum atomic E-state index is -0.560. The molecule has 0 saturated carbocycles. The second kappa shape index (κ2) is 2.12. The van der Waals surface area contributed by atoms with Crippen molar-refractivity contribution in [2.75, 3.05) is 14.1 Å². The van der Waals surface area contributed by atoms with Crippen molar-refractivity contribution in [2.45, 2.75) is 0 Å². The monoisotopic (exact) mass is 150 g/mol. The highest BCUT2D eigenvalue weighted by Gasteiger charge is 2.16. The van der Waals surface area contributed by atoms with E-state index in [0.717, 1.165) is 0 Å². The fourth-order valence-electron chi connectivity index (χ4n) is 0.526. The van der Waals surface area contributed by atoms with E-state index < -0.39 is 7.58 Å². The quantitative estimate of drug-likeness (QED) is 0.486. The fourth-order valence-corrected chi connectivity index (χ4v) is 1.61. The molecule has 46 valence electrons. The maximum Gasteiger partial charge on any atom is 0.196 e. The molecule has 2 nitrogen and oxygen atoms in total. The molecule has 1 aliphatic heterocycles. The van der Waals surface area contributed by atoms with E-state index in [1.54, 1.807) is 0 Å². The molecule has 0 N–H and O–H groups in total. The first kappa shape index (κ1) is 6.18. The predicted octanol–water partition coefficient (Wildman–Crippen LogP) is 1.80. The number of rotatable bonds is 0. The van der Waals surface area contributed by atoms with E-state index in [-0.39, 0.29) is 0 Å². The maximum atomic E-state index is 5.87. The van der Waals surface area contributed by atoms with Gasteiger partial charge < -0.3 is 9.34 Å². The molecule has 1 aliphatic rings. The molecule has 0 aliphatic carbocycles. The molecule has 1 heterocycles. The Bertz CT molecular complexity index is 105. The van der Waals surface area contributed by atoms with Crippen LogP contribution in [0.3, 0.4) is 0 Å². The lowest BCUT2D eigenvalue weighted by molar-refractivity contribution is 0.727. The maximum absolute atomic E-state index is 5.87. The van der Waals surface area contributed by atoms with E-state index in [1.807, 2.05) is 35.8 Å². The topological polar surface area (TPSA) is 6.48 Å². The van der Waals surface area contributed by atoms with Gasteiger partial charge in [-0.15, -0.1) is 0 Å². The Balaban J connectivity index is 2.55. The van der Waals surface area contributed by atoms with Gasteiger partial charge in [0.25, 0.3) is 0 Å². The van der Waals surface area contributed by atoms with Crippen LogP contribution in [0.1, 0.15) is 0 Å². The van der Waals surface area contributed by atoms with Crippen LogP contribution in [0.4, 0.5) is 0 Å². The molecule has 0 amide bonds. The molecule has 0 atom stereocenters. The summed E-state index contributed by atoms with van der Waals surface area (Å²) in [6.07, 6.45) is 3.94. The molecule has 0 spiro atoms.